The number of carbonyl (C=O) groups is 1. The number of fused-ring (bicyclic) bond motifs is 2. The van der Waals surface area contributed by atoms with E-state index in [1.54, 1.807) is 28.4 Å². The van der Waals surface area contributed by atoms with Crippen molar-refractivity contribution in [1.29, 1.82) is 0 Å². The van der Waals surface area contributed by atoms with E-state index in [0.29, 0.717) is 53.1 Å². The molecule has 12 heteroatoms. The van der Waals surface area contributed by atoms with E-state index >= 15 is 0 Å². The lowest BCUT2D eigenvalue weighted by atomic mass is 9.85. The van der Waals surface area contributed by atoms with Crippen molar-refractivity contribution in [3.05, 3.63) is 94.0 Å². The number of aliphatic carboxylic acids is 1. The van der Waals surface area contributed by atoms with Crippen molar-refractivity contribution in [2.75, 3.05) is 62.2 Å². The molecule has 0 saturated carbocycles. The van der Waals surface area contributed by atoms with Gasteiger partial charge in [0.2, 0.25) is 5.75 Å². The number of hydrogen-bond acceptors (Lipinski definition) is 9. The van der Waals surface area contributed by atoms with Crippen molar-refractivity contribution in [2.45, 2.75) is 89.1 Å². The second-order valence-electron chi connectivity index (χ2n) is 16.5. The molecule has 8 rings (SSSR count). The lowest BCUT2D eigenvalue weighted by Gasteiger charge is -2.46. The predicted molar refractivity (Wildman–Crippen MR) is 237 cm³/mol. The zero-order valence-corrected chi connectivity index (χ0v) is 37.6. The van der Waals surface area contributed by atoms with E-state index in [2.05, 4.69) is 73.6 Å². The molecule has 0 amide bonds. The number of likely N-dealkylation sites (N-methyl/N-ethyl adjacent to an activating group) is 2. The standard InChI is InChI=1S/C48H60N2O8.2ClH/c1-49-23-21-35-30-44(55-5)47(56-6)48-46(35)38(49)26-33-17-20-40(53-3)42(28-33)57-36-18-15-32(16-19-36)27-39-37-31-43(58-48)41(54-4)29-34(37)22-25-50(39,2)24-13-11-9-7-8-10-12-14-45(51)52;;/h15-20,28-31,38-39H,7-14,21-27H2,1-6H3;2*1H. The first-order valence-corrected chi connectivity index (χ1v) is 21.0. The van der Waals surface area contributed by atoms with Gasteiger partial charge in [-0.2, -0.15) is 0 Å². The number of quaternary nitrogens is 1. The quantitative estimate of drug-likeness (QED) is 0.0908. The molecule has 0 aromatic heterocycles. The zero-order chi connectivity index (χ0) is 40.8. The number of methoxy groups -OCH3 is 4. The third-order valence-corrected chi connectivity index (χ3v) is 12.8. The van der Waals surface area contributed by atoms with E-state index in [0.717, 1.165) is 98.8 Å². The van der Waals surface area contributed by atoms with Crippen LogP contribution in [0.1, 0.15) is 96.8 Å². The molecule has 0 fully saturated rings. The van der Waals surface area contributed by atoms with Gasteiger partial charge in [0.15, 0.2) is 34.5 Å². The monoisotopic (exact) mass is 864 g/mol. The van der Waals surface area contributed by atoms with Crippen LogP contribution in [0.25, 0.3) is 0 Å². The molecule has 4 heterocycles. The summed E-state index contributed by atoms with van der Waals surface area (Å²) in [5.41, 5.74) is 7.17. The highest BCUT2D eigenvalue weighted by molar-refractivity contribution is 5.85. The summed E-state index contributed by atoms with van der Waals surface area (Å²) in [6, 6.07) is 21.4. The number of rotatable bonds is 14. The lowest BCUT2D eigenvalue weighted by molar-refractivity contribution is -0.941. The van der Waals surface area contributed by atoms with Crippen molar-refractivity contribution >= 4 is 30.8 Å². The largest absolute Gasteiger partial charge is 0.550 e. The van der Waals surface area contributed by atoms with E-state index in [1.807, 2.05) is 6.07 Å². The normalized spacial score (nSPS) is 19.2. The first-order valence-electron chi connectivity index (χ1n) is 21.0. The summed E-state index contributed by atoms with van der Waals surface area (Å²) >= 11 is 0. The van der Waals surface area contributed by atoms with Crippen LogP contribution in [0.15, 0.2) is 60.7 Å². The minimum Gasteiger partial charge on any atom is -0.550 e. The number of hydrogen-bond donors (Lipinski definition) is 0. The van der Waals surface area contributed by atoms with E-state index in [1.165, 1.54) is 22.3 Å². The Morgan fingerprint density at radius 2 is 1.38 bits per heavy atom. The molecule has 10 nitrogen and oxygen atoms in total. The van der Waals surface area contributed by atoms with Gasteiger partial charge in [-0.25, -0.2) is 0 Å². The van der Waals surface area contributed by atoms with Gasteiger partial charge in [-0.3, -0.25) is 4.90 Å². The van der Waals surface area contributed by atoms with Gasteiger partial charge in [0.25, 0.3) is 0 Å². The SMILES string of the molecule is COc1ccc2cc1Oc1ccc(cc1)CC1c3cc(c(OC)cc3CC[N+]1(C)CCCCCCCCCC(=O)[O-])Oc1c(OC)c(OC)cc3c1C(C2)N(C)CC3.Cl.Cl. The minimum absolute atomic E-state index is 0. The van der Waals surface area contributed by atoms with Crippen molar-refractivity contribution in [2.24, 2.45) is 0 Å². The Labute approximate surface area is 368 Å². The summed E-state index contributed by atoms with van der Waals surface area (Å²) in [6.45, 7) is 2.95. The number of nitrogens with zero attached hydrogens (tertiary/aromatic N) is 2. The molecule has 4 aromatic carbocycles. The Balaban J connectivity index is 0.00000341. The molecule has 0 radical (unpaired) electrons. The van der Waals surface area contributed by atoms with E-state index in [-0.39, 0.29) is 43.3 Å². The summed E-state index contributed by atoms with van der Waals surface area (Å²) in [7, 11) is 11.3. The Morgan fingerprint density at radius 3 is 2.07 bits per heavy atom. The van der Waals surface area contributed by atoms with Crippen LogP contribution in [0.5, 0.6) is 46.0 Å². The molecule has 3 atom stereocenters. The minimum atomic E-state index is -0.951. The average Bonchev–Trinajstić information content (AvgIpc) is 3.22. The van der Waals surface area contributed by atoms with Gasteiger partial charge in [0.1, 0.15) is 11.8 Å². The smallest absolute Gasteiger partial charge is 0.204 e. The third kappa shape index (κ3) is 10.2. The molecule has 6 bridgehead atoms. The highest BCUT2D eigenvalue weighted by Gasteiger charge is 2.40. The van der Waals surface area contributed by atoms with Crippen molar-refractivity contribution in [3.63, 3.8) is 0 Å². The maximum Gasteiger partial charge on any atom is 0.204 e. The molecular formula is C48H62Cl2N2O8. The zero-order valence-electron chi connectivity index (χ0n) is 36.0. The highest BCUT2D eigenvalue weighted by atomic mass is 35.5. The average molecular weight is 866 g/mol. The number of carboxylic acids is 1. The molecule has 0 N–H and O–H groups in total. The van der Waals surface area contributed by atoms with Crippen LogP contribution in [-0.2, 0) is 30.5 Å². The van der Waals surface area contributed by atoms with Crippen LogP contribution in [0.3, 0.4) is 0 Å². The van der Waals surface area contributed by atoms with Gasteiger partial charge in [0.05, 0.1) is 48.6 Å². The van der Waals surface area contributed by atoms with Crippen LogP contribution < -0.4 is 33.5 Å². The van der Waals surface area contributed by atoms with Gasteiger partial charge in [0, 0.05) is 42.5 Å². The molecule has 0 saturated heterocycles. The summed E-state index contributed by atoms with van der Waals surface area (Å²) in [4.78, 5) is 13.2. The molecule has 4 aliphatic heterocycles. The number of benzene rings is 4. The van der Waals surface area contributed by atoms with Crippen LogP contribution in [0.2, 0.25) is 0 Å². The van der Waals surface area contributed by atoms with Gasteiger partial charge in [-0.15, -0.1) is 24.8 Å². The molecule has 326 valence electrons. The van der Waals surface area contributed by atoms with Gasteiger partial charge in [-0.1, -0.05) is 43.9 Å². The lowest BCUT2D eigenvalue weighted by Crippen LogP contribution is -2.52. The first kappa shape index (κ1) is 46.7. The van der Waals surface area contributed by atoms with Crippen molar-refractivity contribution < 1.29 is 42.8 Å². The Bertz CT molecular complexity index is 2080. The molecular weight excluding hydrogens is 803 g/mol. The van der Waals surface area contributed by atoms with Gasteiger partial charge < -0.3 is 42.8 Å². The number of carbonyl (C=O) groups excluding carboxylic acids is 1. The number of carboxylic acid groups (broad SMARTS) is 1. The second kappa shape index (κ2) is 21.0. The maximum atomic E-state index is 10.8. The van der Waals surface area contributed by atoms with E-state index < -0.39 is 5.97 Å². The van der Waals surface area contributed by atoms with Crippen LogP contribution in [0, 0.1) is 0 Å². The van der Waals surface area contributed by atoms with Crippen molar-refractivity contribution in [1.82, 2.24) is 4.90 Å². The van der Waals surface area contributed by atoms with Gasteiger partial charge in [-0.05, 0) is 110 Å². The van der Waals surface area contributed by atoms with Gasteiger partial charge >= 0.3 is 0 Å². The van der Waals surface area contributed by atoms with Crippen LogP contribution in [0.4, 0.5) is 0 Å². The number of ether oxygens (including phenoxy) is 6. The third-order valence-electron chi connectivity index (χ3n) is 12.8. The summed E-state index contributed by atoms with van der Waals surface area (Å²) < 4.78 is 38.7. The first-order chi connectivity index (χ1) is 28.1. The van der Waals surface area contributed by atoms with Crippen LogP contribution in [-0.4, -0.2) is 77.5 Å². The molecule has 4 aliphatic rings. The second-order valence-corrected chi connectivity index (χ2v) is 16.5. The van der Waals surface area contributed by atoms with Crippen LogP contribution >= 0.6 is 24.8 Å². The number of halogens is 2. The van der Waals surface area contributed by atoms with Crippen molar-refractivity contribution in [3.8, 4) is 46.0 Å². The Kier molecular flexibility index (Phi) is 16.3. The highest BCUT2D eigenvalue weighted by Crippen LogP contribution is 2.52. The van der Waals surface area contributed by atoms with E-state index in [9.17, 15) is 9.90 Å². The fourth-order valence-electron chi connectivity index (χ4n) is 9.41. The maximum absolute atomic E-state index is 10.8. The molecule has 60 heavy (non-hydrogen) atoms. The topological polar surface area (TPSA) is 98.8 Å². The summed E-state index contributed by atoms with van der Waals surface area (Å²) in [6.07, 6.45) is 10.7. The summed E-state index contributed by atoms with van der Waals surface area (Å²) in [5, 5.41) is 10.8. The fourth-order valence-corrected chi connectivity index (χ4v) is 9.41. The Morgan fingerprint density at radius 1 is 0.733 bits per heavy atom. The fraction of sp³-hybridized carbons (Fsp3) is 0.479. The molecule has 0 aliphatic carbocycles. The molecule has 0 spiro atoms. The predicted octanol–water partition coefficient (Wildman–Crippen LogP) is 9.39. The summed E-state index contributed by atoms with van der Waals surface area (Å²) in [5.74, 6) is 4.38. The molecule has 3 unspecified atom stereocenters. The molecule has 4 aromatic rings. The Hall–Kier alpha value is -4.35. The van der Waals surface area contributed by atoms with E-state index in [4.69, 9.17) is 28.4 Å². The number of unbranched alkanes of at least 4 members (excludes halogenated alkanes) is 6.